The molecule has 0 spiro atoms. The third-order valence-electron chi connectivity index (χ3n) is 4.56. The molecule has 1 aliphatic rings. The van der Waals surface area contributed by atoms with E-state index >= 15 is 0 Å². The summed E-state index contributed by atoms with van der Waals surface area (Å²) >= 11 is 0. The van der Waals surface area contributed by atoms with Crippen molar-refractivity contribution < 1.29 is 29.2 Å². The number of nitrogens with one attached hydrogen (secondary N) is 1. The second-order valence-electron chi connectivity index (χ2n) is 6.80. The summed E-state index contributed by atoms with van der Waals surface area (Å²) in [5, 5.41) is 20.3. The predicted molar refractivity (Wildman–Crippen MR) is 102 cm³/mol. The Bertz CT molecular complexity index is 960. The zero-order valence-electron chi connectivity index (χ0n) is 15.9. The lowest BCUT2D eigenvalue weighted by Gasteiger charge is -2.17. The van der Waals surface area contributed by atoms with Gasteiger partial charge in [0.1, 0.15) is 31.0 Å². The molecule has 0 unspecified atom stereocenters. The average Bonchev–Trinajstić information content (AvgIpc) is 3.01. The molecule has 0 radical (unpaired) electrons. The quantitative estimate of drug-likeness (QED) is 0.361. The minimum absolute atomic E-state index is 0.0696. The monoisotopic (exact) mass is 421 g/mol. The van der Waals surface area contributed by atoms with E-state index in [9.17, 15) is 24.6 Å². The number of carbonyl (C=O) groups is 1. The highest BCUT2D eigenvalue weighted by Gasteiger charge is 2.44. The van der Waals surface area contributed by atoms with Crippen LogP contribution in [0.15, 0.2) is 52.2 Å². The van der Waals surface area contributed by atoms with Crippen LogP contribution in [0.3, 0.4) is 0 Å². The zero-order chi connectivity index (χ0) is 21.7. The smallest absolute Gasteiger partial charge is 0.330 e. The van der Waals surface area contributed by atoms with Gasteiger partial charge in [-0.15, -0.1) is 0 Å². The van der Waals surface area contributed by atoms with Gasteiger partial charge in [0.05, 0.1) is 13.2 Å². The van der Waals surface area contributed by atoms with E-state index in [0.717, 1.165) is 22.4 Å². The molecule has 162 valence electrons. The normalized spacial score (nSPS) is 24.5. The summed E-state index contributed by atoms with van der Waals surface area (Å²) < 4.78 is 16.8. The largest absolute Gasteiger partial charge is 0.462 e. The topological polar surface area (TPSA) is 166 Å². The molecule has 0 bridgehead atoms. The van der Waals surface area contributed by atoms with Gasteiger partial charge in [0.2, 0.25) is 0 Å². The summed E-state index contributed by atoms with van der Waals surface area (Å²) in [5.41, 5.74) is 5.25. The van der Waals surface area contributed by atoms with Crippen LogP contribution in [0.2, 0.25) is 0 Å². The van der Waals surface area contributed by atoms with Crippen molar-refractivity contribution >= 4 is 5.97 Å². The van der Waals surface area contributed by atoms with E-state index in [-0.39, 0.29) is 13.2 Å². The first-order valence-corrected chi connectivity index (χ1v) is 9.24. The van der Waals surface area contributed by atoms with Crippen LogP contribution in [0.4, 0.5) is 0 Å². The van der Waals surface area contributed by atoms with Crippen LogP contribution in [-0.2, 0) is 25.6 Å². The number of aromatic nitrogens is 2. The van der Waals surface area contributed by atoms with Crippen molar-refractivity contribution in [3.8, 4) is 0 Å². The second kappa shape index (κ2) is 9.78. The summed E-state index contributed by atoms with van der Waals surface area (Å²) in [4.78, 5) is 37.1. The molecule has 2 aromatic rings. The number of ether oxygens (including phenoxy) is 3. The van der Waals surface area contributed by atoms with Crippen LogP contribution in [-0.4, -0.2) is 63.3 Å². The lowest BCUT2D eigenvalue weighted by atomic mass is 10.1. The molecule has 1 saturated heterocycles. The van der Waals surface area contributed by atoms with Crippen molar-refractivity contribution in [2.75, 3.05) is 13.2 Å². The van der Waals surface area contributed by atoms with Crippen LogP contribution < -0.4 is 17.0 Å². The lowest BCUT2D eigenvalue weighted by molar-refractivity contribution is -0.153. The van der Waals surface area contributed by atoms with E-state index < -0.39 is 54.4 Å². The lowest BCUT2D eigenvalue weighted by Crippen LogP contribution is -2.40. The number of aromatic amines is 1. The summed E-state index contributed by atoms with van der Waals surface area (Å²) in [6, 6.07) is 9.38. The molecule has 0 saturated carbocycles. The molecule has 5 N–H and O–H groups in total. The molecule has 0 amide bonds. The number of nitrogens with two attached hydrogens (primary N) is 1. The Morgan fingerprint density at radius 1 is 1.20 bits per heavy atom. The molecule has 2 heterocycles. The number of esters is 1. The van der Waals surface area contributed by atoms with Gasteiger partial charge >= 0.3 is 11.7 Å². The molecule has 0 aliphatic carbocycles. The maximum atomic E-state index is 12.1. The highest BCUT2D eigenvalue weighted by Crippen LogP contribution is 2.28. The number of aliphatic hydroxyl groups is 2. The van der Waals surface area contributed by atoms with E-state index in [1.54, 1.807) is 0 Å². The maximum absolute atomic E-state index is 12.1. The molecule has 1 aromatic heterocycles. The van der Waals surface area contributed by atoms with E-state index in [4.69, 9.17) is 19.9 Å². The van der Waals surface area contributed by atoms with E-state index in [2.05, 4.69) is 0 Å². The van der Waals surface area contributed by atoms with Gasteiger partial charge < -0.3 is 30.2 Å². The molecule has 3 rings (SSSR count). The van der Waals surface area contributed by atoms with Crippen molar-refractivity contribution in [3.05, 3.63) is 69.0 Å². The van der Waals surface area contributed by atoms with Crippen LogP contribution in [0.5, 0.6) is 0 Å². The number of H-pyrrole nitrogens is 1. The number of benzene rings is 1. The first-order chi connectivity index (χ1) is 14.4. The molecule has 1 aliphatic heterocycles. The minimum Gasteiger partial charge on any atom is -0.462 e. The van der Waals surface area contributed by atoms with Crippen molar-refractivity contribution in [3.63, 3.8) is 0 Å². The second-order valence-corrected chi connectivity index (χ2v) is 6.80. The van der Waals surface area contributed by atoms with Crippen molar-refractivity contribution in [1.82, 2.24) is 9.55 Å². The maximum Gasteiger partial charge on any atom is 0.330 e. The fourth-order valence-electron chi connectivity index (χ4n) is 2.94. The molecule has 30 heavy (non-hydrogen) atoms. The molecular formula is C19H23N3O8. The Morgan fingerprint density at radius 3 is 2.63 bits per heavy atom. The van der Waals surface area contributed by atoms with Crippen LogP contribution in [0.1, 0.15) is 11.8 Å². The number of rotatable bonds is 8. The third-order valence-corrected chi connectivity index (χ3v) is 4.56. The first-order valence-electron chi connectivity index (χ1n) is 9.24. The molecule has 1 fully saturated rings. The molecule has 11 nitrogen and oxygen atoms in total. The van der Waals surface area contributed by atoms with Gasteiger partial charge in [0, 0.05) is 12.3 Å². The van der Waals surface area contributed by atoms with Gasteiger partial charge in [-0.05, 0) is 5.56 Å². The number of aliphatic hydroxyl groups excluding tert-OH is 2. The number of hydrogen-bond acceptors (Lipinski definition) is 9. The Labute approximate surface area is 170 Å². The Balaban J connectivity index is 1.49. The average molecular weight is 421 g/mol. The van der Waals surface area contributed by atoms with Gasteiger partial charge in [-0.2, -0.15) is 0 Å². The van der Waals surface area contributed by atoms with E-state index in [0.29, 0.717) is 0 Å². The van der Waals surface area contributed by atoms with Gasteiger partial charge in [-0.3, -0.25) is 19.1 Å². The van der Waals surface area contributed by atoms with E-state index in [1.165, 1.54) is 0 Å². The Kier molecular flexibility index (Phi) is 7.13. The highest BCUT2D eigenvalue weighted by atomic mass is 16.6. The summed E-state index contributed by atoms with van der Waals surface area (Å²) in [7, 11) is 0. The molecular weight excluding hydrogens is 398 g/mol. The SMILES string of the molecule is N[C@@H](COCc1ccccc1)C(=O)OC[C@H]1O[C@@H](n2ccc(=O)[nH]c2=O)[C@H](O)[C@@H]1O. The van der Waals surface area contributed by atoms with Crippen LogP contribution >= 0.6 is 0 Å². The van der Waals surface area contributed by atoms with Gasteiger partial charge in [-0.1, -0.05) is 30.3 Å². The van der Waals surface area contributed by atoms with Gasteiger partial charge in [0.25, 0.3) is 5.56 Å². The van der Waals surface area contributed by atoms with Crippen molar-refractivity contribution in [2.24, 2.45) is 5.73 Å². The summed E-state index contributed by atoms with van der Waals surface area (Å²) in [6.07, 6.45) is -4.11. The summed E-state index contributed by atoms with van der Waals surface area (Å²) in [5.74, 6) is -0.766. The number of hydrogen-bond donors (Lipinski definition) is 4. The minimum atomic E-state index is -1.47. The Morgan fingerprint density at radius 2 is 1.93 bits per heavy atom. The first kappa shape index (κ1) is 21.9. The van der Waals surface area contributed by atoms with Crippen molar-refractivity contribution in [1.29, 1.82) is 0 Å². The van der Waals surface area contributed by atoms with Crippen LogP contribution in [0, 0.1) is 0 Å². The van der Waals surface area contributed by atoms with Gasteiger partial charge in [0.15, 0.2) is 6.23 Å². The number of carbonyl (C=O) groups excluding carboxylic acids is 1. The van der Waals surface area contributed by atoms with Crippen molar-refractivity contribution in [2.45, 2.75) is 37.2 Å². The highest BCUT2D eigenvalue weighted by molar-refractivity contribution is 5.75. The fourth-order valence-corrected chi connectivity index (χ4v) is 2.94. The predicted octanol–water partition coefficient (Wildman–Crippen LogP) is -1.76. The Hall–Kier alpha value is -2.83. The third kappa shape index (κ3) is 5.20. The van der Waals surface area contributed by atoms with Gasteiger partial charge in [-0.25, -0.2) is 4.79 Å². The van der Waals surface area contributed by atoms with E-state index in [1.807, 2.05) is 35.3 Å². The zero-order valence-corrected chi connectivity index (χ0v) is 15.9. The molecule has 1 aromatic carbocycles. The number of nitrogens with zero attached hydrogens (tertiary/aromatic N) is 1. The molecule has 11 heteroatoms. The fraction of sp³-hybridized carbons (Fsp3) is 0.421. The standard InChI is InChI=1S/C19H23N3O8/c20-12(9-28-8-11-4-2-1-3-5-11)18(26)29-10-13-15(24)16(25)17(30-13)22-7-6-14(23)21-19(22)27/h1-7,12-13,15-17,24-25H,8-10,20H2,(H,21,23,27)/t12-,13+,15+,16+,17+/m0/s1. The molecule has 5 atom stereocenters. The summed E-state index contributed by atoms with van der Waals surface area (Å²) in [6.45, 7) is -0.175. The van der Waals surface area contributed by atoms with Crippen LogP contribution in [0.25, 0.3) is 0 Å².